The third-order valence-corrected chi connectivity index (χ3v) is 13.9. The number of halogens is 2. The van der Waals surface area contributed by atoms with Gasteiger partial charge >= 0.3 is 0 Å². The van der Waals surface area contributed by atoms with Crippen LogP contribution in [0.1, 0.15) is 329 Å². The smallest absolute Gasteiger partial charge is 0.0782 e. The van der Waals surface area contributed by atoms with Crippen LogP contribution in [0.15, 0.2) is 0 Å². The molecule has 0 aromatic heterocycles. The Labute approximate surface area is 415 Å². The van der Waals surface area contributed by atoms with Crippen LogP contribution in [0, 0.1) is 0 Å². The monoisotopic (exact) mass is 933 g/mol. The maximum Gasteiger partial charge on any atom is 0.0782 e. The van der Waals surface area contributed by atoms with Crippen molar-refractivity contribution in [2.24, 2.45) is 0 Å². The summed E-state index contributed by atoms with van der Waals surface area (Å²) in [5, 5.41) is 0. The largest absolute Gasteiger partial charge is 1.00 e. The first-order valence-corrected chi connectivity index (χ1v) is 29.3. The molecule has 0 fully saturated rings. The first kappa shape index (κ1) is 70.1. The molecule has 0 bridgehead atoms. The lowest BCUT2D eigenvalue weighted by molar-refractivity contribution is -0.890. The Morgan fingerprint density at radius 2 is 0.302 bits per heavy atom. The molecule has 0 spiro atoms. The molecule has 0 amide bonds. The Kier molecular flexibility index (Phi) is 65.2. The van der Waals surface area contributed by atoms with Crippen molar-refractivity contribution in [3.8, 4) is 0 Å². The van der Waals surface area contributed by atoms with Gasteiger partial charge in [0.15, 0.2) is 0 Å². The average Bonchev–Trinajstić information content (AvgIpc) is 3.23. The highest BCUT2D eigenvalue weighted by molar-refractivity contribution is 4.54. The summed E-state index contributed by atoms with van der Waals surface area (Å²) >= 11 is 0. The molecule has 0 aromatic carbocycles. The molecule has 0 radical (unpaired) electrons. The minimum Gasteiger partial charge on any atom is -1.00 e. The summed E-state index contributed by atoms with van der Waals surface area (Å²) in [6.45, 7) is 11.0. The maximum absolute atomic E-state index is 2.47. The molecule has 0 aliphatic heterocycles. The Hall–Kier alpha value is 0.500. The molecule has 0 aliphatic rings. The number of rotatable bonds is 51. The normalized spacial score (nSPS) is 11.6. The molecule has 0 saturated heterocycles. The molecule has 63 heavy (non-hydrogen) atoms. The second-order valence-electron chi connectivity index (χ2n) is 22.3. The molecule has 4 heteroatoms. The number of hydrogen-bond donors (Lipinski definition) is 0. The zero-order valence-electron chi connectivity index (χ0n) is 45.7. The van der Waals surface area contributed by atoms with Gasteiger partial charge in [0.1, 0.15) is 0 Å². The van der Waals surface area contributed by atoms with E-state index in [9.17, 15) is 0 Å². The fraction of sp³-hybridized carbons (Fsp3) is 1.00. The third-order valence-electron chi connectivity index (χ3n) is 13.9. The highest BCUT2D eigenvalue weighted by Gasteiger charge is 2.13. The van der Waals surface area contributed by atoms with Crippen LogP contribution in [0.2, 0.25) is 0 Å². The highest BCUT2D eigenvalue weighted by atomic mass is 35.5. The molecule has 0 unspecified atom stereocenters. The van der Waals surface area contributed by atoms with Crippen molar-refractivity contribution in [3.63, 3.8) is 0 Å². The Morgan fingerprint density at radius 1 is 0.175 bits per heavy atom. The van der Waals surface area contributed by atoms with Crippen LogP contribution >= 0.6 is 0 Å². The highest BCUT2D eigenvalue weighted by Crippen LogP contribution is 2.18. The molecule has 0 aliphatic carbocycles. The van der Waals surface area contributed by atoms with Gasteiger partial charge < -0.3 is 33.8 Å². The minimum atomic E-state index is 0. The van der Waals surface area contributed by atoms with Gasteiger partial charge in [-0.2, -0.15) is 0 Å². The lowest BCUT2D eigenvalue weighted by atomic mass is 10.0. The van der Waals surface area contributed by atoms with E-state index in [-0.39, 0.29) is 24.8 Å². The van der Waals surface area contributed by atoms with E-state index in [0.29, 0.717) is 0 Å². The van der Waals surface area contributed by atoms with E-state index in [2.05, 4.69) is 56.0 Å². The summed E-state index contributed by atoms with van der Waals surface area (Å²) in [6.07, 6.45) is 70.3. The number of unbranched alkanes of at least 4 members (excludes halogenated alkanes) is 45. The topological polar surface area (TPSA) is 0 Å². The van der Waals surface area contributed by atoms with Gasteiger partial charge in [0.2, 0.25) is 0 Å². The van der Waals surface area contributed by atoms with Gasteiger partial charge in [-0.25, -0.2) is 0 Å². The van der Waals surface area contributed by atoms with Crippen molar-refractivity contribution in [1.82, 2.24) is 0 Å². The fourth-order valence-electron chi connectivity index (χ4n) is 9.42. The van der Waals surface area contributed by atoms with Crippen LogP contribution in [-0.4, -0.2) is 63.8 Å². The predicted octanol–water partition coefficient (Wildman–Crippen LogP) is 14.5. The van der Waals surface area contributed by atoms with Crippen molar-refractivity contribution in [2.45, 2.75) is 329 Å². The molecule has 386 valence electrons. The van der Waals surface area contributed by atoms with E-state index >= 15 is 0 Å². The summed E-state index contributed by atoms with van der Waals surface area (Å²) in [4.78, 5) is 0. The molecule has 0 saturated carbocycles. The second-order valence-corrected chi connectivity index (χ2v) is 22.3. The molecule has 2 nitrogen and oxygen atoms in total. The summed E-state index contributed by atoms with van der Waals surface area (Å²) < 4.78 is 2.37. The van der Waals surface area contributed by atoms with E-state index in [1.807, 2.05) is 0 Å². The van der Waals surface area contributed by atoms with Gasteiger partial charge in [0.05, 0.1) is 54.9 Å². The van der Waals surface area contributed by atoms with Crippen molar-refractivity contribution >= 4 is 0 Å². The van der Waals surface area contributed by atoms with Crippen LogP contribution in [0.4, 0.5) is 0 Å². The zero-order valence-corrected chi connectivity index (χ0v) is 47.2. The number of quaternary nitrogens is 2. The summed E-state index contributed by atoms with van der Waals surface area (Å²) in [7, 11) is 11.8. The Morgan fingerprint density at radius 3 is 0.444 bits per heavy atom. The van der Waals surface area contributed by atoms with Gasteiger partial charge in [-0.1, -0.05) is 290 Å². The molecule has 0 N–H and O–H groups in total. The van der Waals surface area contributed by atoms with Crippen molar-refractivity contribution in [1.29, 1.82) is 0 Å². The quantitative estimate of drug-likeness (QED) is 0.0421. The van der Waals surface area contributed by atoms with Crippen molar-refractivity contribution < 1.29 is 33.8 Å². The van der Waals surface area contributed by atoms with Crippen LogP contribution < -0.4 is 24.8 Å². The standard InChI is InChI=1S/C38H80N.C21H46N.2ClH/c1-5-7-9-11-13-15-17-19-21-23-25-27-29-31-33-35-37-39(3,4)38-36-34-32-30-28-26-24-22-20-18-16-14-12-10-8-6-2;1-5-6-7-8-9-10-11-12-13-14-15-16-17-18-19-20-21-22(2,3)4;;/h5-38H2,1-4H3;5-21H2,1-4H3;2*1H/q2*+1;;/p-2. The van der Waals surface area contributed by atoms with Crippen LogP contribution in [0.25, 0.3) is 0 Å². The Bertz CT molecular complexity index is 727. The maximum atomic E-state index is 2.47. The lowest BCUT2D eigenvalue weighted by Gasteiger charge is -2.30. The summed E-state index contributed by atoms with van der Waals surface area (Å²) in [6, 6.07) is 0. The van der Waals surface area contributed by atoms with Gasteiger partial charge in [-0.3, -0.25) is 0 Å². The van der Waals surface area contributed by atoms with E-state index in [4.69, 9.17) is 0 Å². The Balaban J connectivity index is -0.000000618. The van der Waals surface area contributed by atoms with Crippen LogP contribution in [0.5, 0.6) is 0 Å². The van der Waals surface area contributed by atoms with Gasteiger partial charge in [0, 0.05) is 0 Å². The van der Waals surface area contributed by atoms with E-state index in [0.717, 1.165) is 4.48 Å². The van der Waals surface area contributed by atoms with Gasteiger partial charge in [-0.15, -0.1) is 0 Å². The molecule has 0 atom stereocenters. The van der Waals surface area contributed by atoms with E-state index < -0.39 is 0 Å². The first-order chi connectivity index (χ1) is 29.7. The van der Waals surface area contributed by atoms with E-state index in [1.54, 1.807) is 0 Å². The molecular formula is C59H126Cl2N2. The summed E-state index contributed by atoms with van der Waals surface area (Å²) in [5.74, 6) is 0. The van der Waals surface area contributed by atoms with E-state index in [1.165, 1.54) is 332 Å². The van der Waals surface area contributed by atoms with Crippen LogP contribution in [0.3, 0.4) is 0 Å². The molecular weight excluding hydrogens is 808 g/mol. The summed E-state index contributed by atoms with van der Waals surface area (Å²) in [5.41, 5.74) is 0. The second kappa shape index (κ2) is 58.6. The zero-order chi connectivity index (χ0) is 45.1. The van der Waals surface area contributed by atoms with Gasteiger partial charge in [0.25, 0.3) is 0 Å². The lowest BCUT2D eigenvalue weighted by Crippen LogP contribution is -3.00. The minimum absolute atomic E-state index is 0. The van der Waals surface area contributed by atoms with Gasteiger partial charge in [-0.05, 0) is 38.5 Å². The molecule has 0 heterocycles. The van der Waals surface area contributed by atoms with Crippen molar-refractivity contribution in [2.75, 3.05) is 54.9 Å². The average molecular weight is 935 g/mol. The van der Waals surface area contributed by atoms with Crippen molar-refractivity contribution in [3.05, 3.63) is 0 Å². The SMILES string of the molecule is CCCCCCCCCCCCCCCCCC[N+](C)(C)C.CCCCCCCCCCCCCCCCCC[N+](C)(C)CCCCCCCCCCCCCCCCCC.[Cl-].[Cl-]. The fourth-order valence-corrected chi connectivity index (χ4v) is 9.42. The number of nitrogens with zero attached hydrogens (tertiary/aromatic N) is 2. The number of hydrogen-bond acceptors (Lipinski definition) is 0. The molecule has 0 aromatic rings. The molecule has 0 rings (SSSR count). The third kappa shape index (κ3) is 69.2. The first-order valence-electron chi connectivity index (χ1n) is 29.3. The van der Waals surface area contributed by atoms with Crippen LogP contribution in [-0.2, 0) is 0 Å². The predicted molar refractivity (Wildman–Crippen MR) is 283 cm³/mol.